The SMILES string of the molecule is CC1CC1CNC(=O)c1ccc[nH]1. The van der Waals surface area contributed by atoms with Crippen LogP contribution in [0.4, 0.5) is 0 Å². The first-order valence-corrected chi connectivity index (χ1v) is 4.69. The van der Waals surface area contributed by atoms with Crippen LogP contribution in [0.15, 0.2) is 18.3 Å². The summed E-state index contributed by atoms with van der Waals surface area (Å²) in [5.41, 5.74) is 0.647. The lowest BCUT2D eigenvalue weighted by Crippen LogP contribution is -2.26. The summed E-state index contributed by atoms with van der Waals surface area (Å²) in [5.74, 6) is 1.51. The first-order valence-electron chi connectivity index (χ1n) is 4.69. The number of hydrogen-bond donors (Lipinski definition) is 2. The zero-order chi connectivity index (χ0) is 9.26. The number of nitrogens with one attached hydrogen (secondary N) is 2. The van der Waals surface area contributed by atoms with Gasteiger partial charge >= 0.3 is 0 Å². The van der Waals surface area contributed by atoms with Crippen LogP contribution in [0.25, 0.3) is 0 Å². The minimum Gasteiger partial charge on any atom is -0.357 e. The van der Waals surface area contributed by atoms with Crippen molar-refractivity contribution in [3.63, 3.8) is 0 Å². The Labute approximate surface area is 77.5 Å². The first-order chi connectivity index (χ1) is 6.27. The third kappa shape index (κ3) is 1.91. The fourth-order valence-electron chi connectivity index (χ4n) is 1.47. The molecule has 0 aromatic carbocycles. The van der Waals surface area contributed by atoms with E-state index in [9.17, 15) is 4.79 Å². The van der Waals surface area contributed by atoms with Crippen LogP contribution in [-0.4, -0.2) is 17.4 Å². The van der Waals surface area contributed by atoms with Crippen molar-refractivity contribution in [2.75, 3.05) is 6.54 Å². The predicted molar refractivity (Wildman–Crippen MR) is 50.4 cm³/mol. The Hall–Kier alpha value is -1.25. The lowest BCUT2D eigenvalue weighted by Gasteiger charge is -2.01. The minimum atomic E-state index is 0.00380. The Kier molecular flexibility index (Phi) is 2.08. The van der Waals surface area contributed by atoms with Crippen molar-refractivity contribution < 1.29 is 4.79 Å². The van der Waals surface area contributed by atoms with Gasteiger partial charge in [-0.1, -0.05) is 6.92 Å². The second-order valence-electron chi connectivity index (χ2n) is 3.77. The monoisotopic (exact) mass is 178 g/mol. The van der Waals surface area contributed by atoms with Gasteiger partial charge in [-0.2, -0.15) is 0 Å². The summed E-state index contributed by atoms with van der Waals surface area (Å²) in [6, 6.07) is 3.61. The molecule has 1 aliphatic carbocycles. The molecule has 70 valence electrons. The summed E-state index contributed by atoms with van der Waals surface area (Å²) >= 11 is 0. The standard InChI is InChI=1S/C10H14N2O/c1-7-5-8(7)6-12-10(13)9-3-2-4-11-9/h2-4,7-8,11H,5-6H2,1H3,(H,12,13). The van der Waals surface area contributed by atoms with Gasteiger partial charge in [0.1, 0.15) is 5.69 Å². The number of amides is 1. The molecule has 1 amide bonds. The smallest absolute Gasteiger partial charge is 0.267 e. The second-order valence-corrected chi connectivity index (χ2v) is 3.77. The van der Waals surface area contributed by atoms with Gasteiger partial charge in [-0.3, -0.25) is 4.79 Å². The number of hydrogen-bond acceptors (Lipinski definition) is 1. The van der Waals surface area contributed by atoms with Crippen molar-refractivity contribution in [1.82, 2.24) is 10.3 Å². The molecule has 1 aliphatic rings. The average molecular weight is 178 g/mol. The Bertz CT molecular complexity index is 292. The molecule has 2 atom stereocenters. The summed E-state index contributed by atoms with van der Waals surface area (Å²) in [6.45, 7) is 3.03. The van der Waals surface area contributed by atoms with Gasteiger partial charge in [-0.25, -0.2) is 0 Å². The van der Waals surface area contributed by atoms with Crippen molar-refractivity contribution in [2.45, 2.75) is 13.3 Å². The quantitative estimate of drug-likeness (QED) is 0.722. The summed E-state index contributed by atoms with van der Waals surface area (Å²) < 4.78 is 0. The number of aromatic amines is 1. The molecular weight excluding hydrogens is 164 g/mol. The van der Waals surface area contributed by atoms with Gasteiger partial charge in [0.15, 0.2) is 0 Å². The number of H-pyrrole nitrogens is 1. The number of rotatable bonds is 3. The summed E-state index contributed by atoms with van der Waals surface area (Å²) in [5, 5.41) is 2.91. The average Bonchev–Trinajstić information content (AvgIpc) is 2.67. The number of carbonyl (C=O) groups is 1. The molecule has 0 saturated heterocycles. The van der Waals surface area contributed by atoms with E-state index in [1.807, 2.05) is 6.07 Å². The van der Waals surface area contributed by atoms with Crippen molar-refractivity contribution in [1.29, 1.82) is 0 Å². The molecule has 1 fully saturated rings. The summed E-state index contributed by atoms with van der Waals surface area (Å²) in [7, 11) is 0. The van der Waals surface area contributed by atoms with Gasteiger partial charge in [-0.05, 0) is 30.4 Å². The summed E-state index contributed by atoms with van der Waals surface area (Å²) in [4.78, 5) is 14.3. The number of carbonyl (C=O) groups excluding carboxylic acids is 1. The zero-order valence-electron chi connectivity index (χ0n) is 7.71. The van der Waals surface area contributed by atoms with E-state index in [2.05, 4.69) is 17.2 Å². The van der Waals surface area contributed by atoms with Crippen LogP contribution >= 0.6 is 0 Å². The van der Waals surface area contributed by atoms with Gasteiger partial charge in [0.2, 0.25) is 0 Å². The molecule has 1 aromatic heterocycles. The Morgan fingerprint density at radius 1 is 1.77 bits per heavy atom. The van der Waals surface area contributed by atoms with Crippen LogP contribution < -0.4 is 5.32 Å². The van der Waals surface area contributed by atoms with E-state index < -0.39 is 0 Å². The molecule has 2 unspecified atom stereocenters. The highest BCUT2D eigenvalue weighted by Gasteiger charge is 2.32. The third-order valence-corrected chi connectivity index (χ3v) is 2.64. The van der Waals surface area contributed by atoms with Gasteiger partial charge in [0.25, 0.3) is 5.91 Å². The van der Waals surface area contributed by atoms with Crippen LogP contribution in [0.5, 0.6) is 0 Å². The molecule has 3 nitrogen and oxygen atoms in total. The van der Waals surface area contributed by atoms with Crippen molar-refractivity contribution >= 4 is 5.91 Å². The minimum absolute atomic E-state index is 0.00380. The molecule has 0 bridgehead atoms. The molecular formula is C10H14N2O. The maximum absolute atomic E-state index is 11.4. The topological polar surface area (TPSA) is 44.9 Å². The van der Waals surface area contributed by atoms with E-state index in [1.165, 1.54) is 6.42 Å². The van der Waals surface area contributed by atoms with Gasteiger partial charge in [0, 0.05) is 12.7 Å². The van der Waals surface area contributed by atoms with Crippen LogP contribution in [0.2, 0.25) is 0 Å². The van der Waals surface area contributed by atoms with E-state index in [1.54, 1.807) is 12.3 Å². The maximum atomic E-state index is 11.4. The van der Waals surface area contributed by atoms with E-state index in [0.717, 1.165) is 12.5 Å². The van der Waals surface area contributed by atoms with Gasteiger partial charge in [-0.15, -0.1) is 0 Å². The second kappa shape index (κ2) is 3.24. The number of aromatic nitrogens is 1. The van der Waals surface area contributed by atoms with Crippen molar-refractivity contribution in [2.24, 2.45) is 11.8 Å². The fraction of sp³-hybridized carbons (Fsp3) is 0.500. The van der Waals surface area contributed by atoms with E-state index >= 15 is 0 Å². The maximum Gasteiger partial charge on any atom is 0.267 e. The molecule has 1 saturated carbocycles. The van der Waals surface area contributed by atoms with E-state index in [0.29, 0.717) is 11.6 Å². The van der Waals surface area contributed by atoms with Crippen molar-refractivity contribution in [3.8, 4) is 0 Å². The molecule has 0 aliphatic heterocycles. The highest BCUT2D eigenvalue weighted by Crippen LogP contribution is 2.36. The lowest BCUT2D eigenvalue weighted by molar-refractivity contribution is 0.0947. The predicted octanol–water partition coefficient (Wildman–Crippen LogP) is 1.40. The van der Waals surface area contributed by atoms with Gasteiger partial charge < -0.3 is 10.3 Å². The summed E-state index contributed by atoms with van der Waals surface area (Å²) in [6.07, 6.45) is 3.01. The highest BCUT2D eigenvalue weighted by atomic mass is 16.1. The molecule has 2 N–H and O–H groups in total. The van der Waals surface area contributed by atoms with Crippen LogP contribution in [-0.2, 0) is 0 Å². The molecule has 0 spiro atoms. The highest BCUT2D eigenvalue weighted by molar-refractivity contribution is 5.92. The van der Waals surface area contributed by atoms with E-state index in [4.69, 9.17) is 0 Å². The van der Waals surface area contributed by atoms with Crippen LogP contribution in [0, 0.1) is 11.8 Å². The Morgan fingerprint density at radius 3 is 3.08 bits per heavy atom. The largest absolute Gasteiger partial charge is 0.357 e. The lowest BCUT2D eigenvalue weighted by atomic mass is 10.3. The molecule has 3 heteroatoms. The van der Waals surface area contributed by atoms with Crippen LogP contribution in [0.3, 0.4) is 0 Å². The molecule has 1 heterocycles. The fourth-order valence-corrected chi connectivity index (χ4v) is 1.47. The first kappa shape index (κ1) is 8.35. The van der Waals surface area contributed by atoms with Crippen molar-refractivity contribution in [3.05, 3.63) is 24.0 Å². The molecule has 2 rings (SSSR count). The molecule has 1 aromatic rings. The van der Waals surface area contributed by atoms with E-state index in [-0.39, 0.29) is 5.91 Å². The van der Waals surface area contributed by atoms with Crippen LogP contribution in [0.1, 0.15) is 23.8 Å². The molecule has 0 radical (unpaired) electrons. The normalized spacial score (nSPS) is 25.6. The Balaban J connectivity index is 1.79. The van der Waals surface area contributed by atoms with Gasteiger partial charge in [0.05, 0.1) is 0 Å². The Morgan fingerprint density at radius 2 is 2.54 bits per heavy atom. The third-order valence-electron chi connectivity index (χ3n) is 2.64. The molecule has 13 heavy (non-hydrogen) atoms. The zero-order valence-corrected chi connectivity index (χ0v) is 7.71.